The Bertz CT molecular complexity index is 1430. The number of aryl methyl sites for hydroxylation is 1. The smallest absolute Gasteiger partial charge is 0.335 e. The topological polar surface area (TPSA) is 89.7 Å². The quantitative estimate of drug-likeness (QED) is 0.419. The summed E-state index contributed by atoms with van der Waals surface area (Å²) in [5, 5.41) is 9.63. The fourth-order valence-electron chi connectivity index (χ4n) is 5.02. The molecule has 4 heterocycles. The van der Waals surface area contributed by atoms with Gasteiger partial charge in [0.2, 0.25) is 0 Å². The third-order valence-corrected chi connectivity index (χ3v) is 7.16. The minimum atomic E-state index is -0.936. The highest BCUT2D eigenvalue weighted by molar-refractivity contribution is 5.94. The van der Waals surface area contributed by atoms with Crippen LogP contribution >= 0.6 is 0 Å². The maximum atomic E-state index is 11.7. The summed E-state index contributed by atoms with van der Waals surface area (Å²) < 4.78 is 13.7. The molecule has 8 nitrogen and oxygen atoms in total. The molecule has 0 spiro atoms. The molecule has 2 aliphatic heterocycles. The van der Waals surface area contributed by atoms with Crippen molar-refractivity contribution in [1.29, 1.82) is 0 Å². The maximum absolute atomic E-state index is 11.7. The number of hydrogen-bond donors (Lipinski definition) is 1. The second-order valence-corrected chi connectivity index (χ2v) is 9.51. The number of carboxylic acid groups (broad SMARTS) is 1. The Morgan fingerprint density at radius 1 is 1.22 bits per heavy atom. The Morgan fingerprint density at radius 3 is 2.86 bits per heavy atom. The zero-order chi connectivity index (χ0) is 24.6. The van der Waals surface area contributed by atoms with Gasteiger partial charge in [0.25, 0.3) is 0 Å². The lowest BCUT2D eigenvalue weighted by Gasteiger charge is -2.28. The first-order chi connectivity index (χ1) is 17.5. The minimum Gasteiger partial charge on any atom is -0.489 e. The average Bonchev–Trinajstić information content (AvgIpc) is 3.17. The number of aromatic carboxylic acids is 1. The molecule has 36 heavy (non-hydrogen) atoms. The van der Waals surface area contributed by atoms with E-state index < -0.39 is 5.97 Å². The molecule has 1 saturated heterocycles. The molecule has 184 valence electrons. The number of fused-ring (bicyclic) bond motifs is 2. The van der Waals surface area contributed by atoms with Gasteiger partial charge in [0.05, 0.1) is 35.9 Å². The Labute approximate surface area is 209 Å². The van der Waals surface area contributed by atoms with Crippen molar-refractivity contribution in [2.24, 2.45) is 7.05 Å². The number of aromatic nitrogens is 3. The van der Waals surface area contributed by atoms with Crippen LogP contribution in [0.15, 0.2) is 54.9 Å². The summed E-state index contributed by atoms with van der Waals surface area (Å²) in [4.78, 5) is 23.2. The van der Waals surface area contributed by atoms with Crippen molar-refractivity contribution < 1.29 is 19.4 Å². The van der Waals surface area contributed by atoms with Gasteiger partial charge < -0.3 is 19.1 Å². The summed E-state index contributed by atoms with van der Waals surface area (Å²) in [6.45, 7) is 3.61. The lowest BCUT2D eigenvalue weighted by atomic mass is 9.99. The van der Waals surface area contributed by atoms with Gasteiger partial charge >= 0.3 is 5.97 Å². The van der Waals surface area contributed by atoms with Crippen LogP contribution in [0.25, 0.3) is 11.0 Å². The Kier molecular flexibility index (Phi) is 5.91. The van der Waals surface area contributed by atoms with E-state index in [1.807, 2.05) is 36.0 Å². The van der Waals surface area contributed by atoms with Crippen LogP contribution in [0, 0.1) is 0 Å². The van der Waals surface area contributed by atoms with Crippen molar-refractivity contribution in [2.75, 3.05) is 13.2 Å². The van der Waals surface area contributed by atoms with E-state index in [-0.39, 0.29) is 11.7 Å². The largest absolute Gasteiger partial charge is 0.489 e. The second-order valence-electron chi connectivity index (χ2n) is 9.51. The first-order valence-corrected chi connectivity index (χ1v) is 12.2. The van der Waals surface area contributed by atoms with E-state index in [2.05, 4.69) is 22.0 Å². The van der Waals surface area contributed by atoms with E-state index in [4.69, 9.17) is 14.5 Å². The van der Waals surface area contributed by atoms with Gasteiger partial charge in [-0.1, -0.05) is 12.1 Å². The lowest BCUT2D eigenvalue weighted by Crippen LogP contribution is -2.31. The fourth-order valence-corrected chi connectivity index (χ4v) is 5.02. The Morgan fingerprint density at radius 2 is 2.11 bits per heavy atom. The van der Waals surface area contributed by atoms with Gasteiger partial charge in [-0.3, -0.25) is 9.88 Å². The summed E-state index contributed by atoms with van der Waals surface area (Å²) in [5.74, 6) is 0.837. The molecule has 8 heteroatoms. The van der Waals surface area contributed by atoms with Crippen LogP contribution < -0.4 is 4.74 Å². The molecule has 2 aromatic heterocycles. The number of imidazole rings is 1. The van der Waals surface area contributed by atoms with Crippen molar-refractivity contribution in [3.8, 4) is 5.75 Å². The highest BCUT2D eigenvalue weighted by atomic mass is 16.5. The Balaban J connectivity index is 1.22. The van der Waals surface area contributed by atoms with E-state index in [1.54, 1.807) is 18.3 Å². The van der Waals surface area contributed by atoms with Crippen molar-refractivity contribution in [3.05, 3.63) is 88.5 Å². The standard InChI is InChI=1S/C28H28N4O4/c1-31-24-13-20(28(33)34)12-23(25-7-10-35-25)27(24)30-26(31)16-32-9-6-19-4-5-22(11-21(19)15-32)36-17-18-3-2-8-29-14-18/h2-5,8,11-14,25H,6-7,9-10,15-17H2,1H3,(H,33,34). The van der Waals surface area contributed by atoms with Gasteiger partial charge in [-0.15, -0.1) is 0 Å². The summed E-state index contributed by atoms with van der Waals surface area (Å²) in [6, 6.07) is 13.7. The van der Waals surface area contributed by atoms with Crippen LogP contribution in [-0.4, -0.2) is 43.7 Å². The summed E-state index contributed by atoms with van der Waals surface area (Å²) >= 11 is 0. The third kappa shape index (κ3) is 4.34. The van der Waals surface area contributed by atoms with Gasteiger partial charge in [0.1, 0.15) is 18.2 Å². The summed E-state index contributed by atoms with van der Waals surface area (Å²) in [5.41, 5.74) is 6.47. The van der Waals surface area contributed by atoms with Gasteiger partial charge in [0, 0.05) is 50.1 Å². The number of ether oxygens (including phenoxy) is 2. The second kappa shape index (κ2) is 9.37. The molecule has 0 radical (unpaired) electrons. The number of hydrogen-bond acceptors (Lipinski definition) is 6. The highest BCUT2D eigenvalue weighted by Gasteiger charge is 2.27. The SMILES string of the molecule is Cn1c(CN2CCc3ccc(OCc4cccnc4)cc3C2)nc2c(C3CCO3)cc(C(=O)O)cc21. The first kappa shape index (κ1) is 22.7. The molecule has 0 bridgehead atoms. The number of carbonyl (C=O) groups is 1. The zero-order valence-electron chi connectivity index (χ0n) is 20.2. The molecular formula is C28H28N4O4. The van der Waals surface area contributed by atoms with Crippen LogP contribution in [-0.2, 0) is 37.9 Å². The van der Waals surface area contributed by atoms with Gasteiger partial charge in [-0.25, -0.2) is 9.78 Å². The number of benzene rings is 2. The first-order valence-electron chi connectivity index (χ1n) is 12.2. The summed E-state index contributed by atoms with van der Waals surface area (Å²) in [7, 11) is 1.96. The van der Waals surface area contributed by atoms with E-state index in [1.165, 1.54) is 11.1 Å². The molecule has 0 aliphatic carbocycles. The van der Waals surface area contributed by atoms with Gasteiger partial charge in [-0.2, -0.15) is 0 Å². The van der Waals surface area contributed by atoms with E-state index in [9.17, 15) is 9.90 Å². The van der Waals surface area contributed by atoms with Crippen LogP contribution in [0.5, 0.6) is 5.75 Å². The predicted octanol–water partition coefficient (Wildman–Crippen LogP) is 4.27. The molecule has 2 aromatic carbocycles. The van der Waals surface area contributed by atoms with E-state index in [0.717, 1.165) is 59.7 Å². The van der Waals surface area contributed by atoms with Gasteiger partial charge in [-0.05, 0) is 47.9 Å². The number of carboxylic acids is 1. The van der Waals surface area contributed by atoms with Crippen LogP contribution in [0.1, 0.15) is 51.0 Å². The number of rotatable bonds is 7. The third-order valence-electron chi connectivity index (χ3n) is 7.16. The predicted molar refractivity (Wildman–Crippen MR) is 134 cm³/mol. The van der Waals surface area contributed by atoms with Gasteiger partial charge in [0.15, 0.2) is 0 Å². The van der Waals surface area contributed by atoms with Crippen LogP contribution in [0.3, 0.4) is 0 Å². The van der Waals surface area contributed by atoms with Crippen molar-refractivity contribution in [3.63, 3.8) is 0 Å². The minimum absolute atomic E-state index is 0.0819. The van der Waals surface area contributed by atoms with E-state index in [0.29, 0.717) is 19.8 Å². The maximum Gasteiger partial charge on any atom is 0.335 e. The summed E-state index contributed by atoms with van der Waals surface area (Å²) in [6.07, 6.45) is 5.35. The monoisotopic (exact) mass is 484 g/mol. The van der Waals surface area contributed by atoms with E-state index >= 15 is 0 Å². The van der Waals surface area contributed by atoms with Crippen molar-refractivity contribution >= 4 is 17.0 Å². The van der Waals surface area contributed by atoms with Crippen molar-refractivity contribution in [2.45, 2.75) is 38.6 Å². The fraction of sp³-hybridized carbons (Fsp3) is 0.321. The lowest BCUT2D eigenvalue weighted by molar-refractivity contribution is -0.0519. The van der Waals surface area contributed by atoms with Crippen molar-refractivity contribution in [1.82, 2.24) is 19.4 Å². The number of pyridine rings is 1. The molecule has 1 atom stereocenters. The molecule has 1 unspecified atom stereocenters. The highest BCUT2D eigenvalue weighted by Crippen LogP contribution is 2.35. The zero-order valence-corrected chi connectivity index (χ0v) is 20.2. The number of nitrogens with zero attached hydrogens (tertiary/aromatic N) is 4. The molecular weight excluding hydrogens is 456 g/mol. The molecule has 0 saturated carbocycles. The molecule has 1 N–H and O–H groups in total. The molecule has 1 fully saturated rings. The molecule has 0 amide bonds. The molecule has 6 rings (SSSR count). The average molecular weight is 485 g/mol. The Hall–Kier alpha value is -3.75. The normalized spacial score (nSPS) is 17.5. The molecule has 2 aliphatic rings. The van der Waals surface area contributed by atoms with Crippen LogP contribution in [0.4, 0.5) is 0 Å². The molecule has 4 aromatic rings. The van der Waals surface area contributed by atoms with Crippen LogP contribution in [0.2, 0.25) is 0 Å².